The third-order valence-corrected chi connectivity index (χ3v) is 5.53. The van der Waals surface area contributed by atoms with Crippen LogP contribution in [-0.2, 0) is 11.3 Å². The molecule has 0 radical (unpaired) electrons. The molecule has 0 saturated carbocycles. The topological polar surface area (TPSA) is 51.5 Å². The van der Waals surface area contributed by atoms with E-state index in [-0.39, 0.29) is 11.9 Å². The van der Waals surface area contributed by atoms with E-state index in [0.29, 0.717) is 24.4 Å². The van der Waals surface area contributed by atoms with Gasteiger partial charge in [-0.15, -0.1) is 0 Å². The molecule has 0 N–H and O–H groups in total. The third-order valence-electron chi connectivity index (χ3n) is 5.53. The van der Waals surface area contributed by atoms with Gasteiger partial charge >= 0.3 is 5.97 Å². The maximum atomic E-state index is 13.4. The number of benzene rings is 1. The van der Waals surface area contributed by atoms with Gasteiger partial charge in [0.05, 0.1) is 12.2 Å². The molecule has 1 aromatic heterocycles. The van der Waals surface area contributed by atoms with Gasteiger partial charge in [0, 0.05) is 25.3 Å². The summed E-state index contributed by atoms with van der Waals surface area (Å²) in [5, 5.41) is 0. The fourth-order valence-electron chi connectivity index (χ4n) is 4.07. The molecule has 2 heterocycles. The van der Waals surface area contributed by atoms with E-state index in [9.17, 15) is 9.59 Å². The summed E-state index contributed by atoms with van der Waals surface area (Å²) in [7, 11) is 0. The summed E-state index contributed by atoms with van der Waals surface area (Å²) in [6.07, 6.45) is 4.42. The van der Waals surface area contributed by atoms with Crippen molar-refractivity contribution in [1.29, 1.82) is 0 Å². The lowest BCUT2D eigenvalue weighted by Crippen LogP contribution is -2.32. The van der Waals surface area contributed by atoms with Crippen LogP contribution in [0.5, 0.6) is 0 Å². The molecular formula is C23H30N2O3. The Balaban J connectivity index is 2.03. The first-order chi connectivity index (χ1) is 13.5. The van der Waals surface area contributed by atoms with E-state index < -0.39 is 0 Å². The quantitative estimate of drug-likeness (QED) is 0.723. The van der Waals surface area contributed by atoms with Crippen molar-refractivity contribution >= 4 is 11.9 Å². The van der Waals surface area contributed by atoms with Crippen molar-refractivity contribution in [3.63, 3.8) is 0 Å². The zero-order valence-electron chi connectivity index (χ0n) is 17.2. The molecule has 0 atom stereocenters. The Morgan fingerprint density at radius 1 is 1.00 bits per heavy atom. The molecule has 1 aliphatic rings. The Morgan fingerprint density at radius 2 is 1.64 bits per heavy atom. The van der Waals surface area contributed by atoms with Crippen LogP contribution in [0.2, 0.25) is 0 Å². The molecule has 0 spiro atoms. The number of nitrogens with zero attached hydrogens (tertiary/aromatic N) is 2. The molecule has 5 nitrogen and oxygen atoms in total. The average Bonchev–Trinajstić information content (AvgIpc) is 2.87. The van der Waals surface area contributed by atoms with Gasteiger partial charge in [-0.2, -0.15) is 0 Å². The fraction of sp³-hybridized carbons (Fsp3) is 0.478. The molecule has 0 unspecified atom stereocenters. The minimum atomic E-state index is -0.367. The first-order valence-corrected chi connectivity index (χ1v) is 10.2. The van der Waals surface area contributed by atoms with Crippen molar-refractivity contribution in [2.45, 2.75) is 53.0 Å². The van der Waals surface area contributed by atoms with Crippen molar-refractivity contribution in [3.8, 4) is 0 Å². The molecule has 2 aromatic rings. The van der Waals surface area contributed by atoms with Crippen LogP contribution in [0.3, 0.4) is 0 Å². The summed E-state index contributed by atoms with van der Waals surface area (Å²) in [6.45, 7) is 8.02. The summed E-state index contributed by atoms with van der Waals surface area (Å²) in [5.74, 6) is -0.330. The van der Waals surface area contributed by atoms with Crippen molar-refractivity contribution in [2.75, 3.05) is 19.7 Å². The molecule has 1 amide bonds. The maximum Gasteiger partial charge on any atom is 0.355 e. The molecule has 1 aromatic carbocycles. The van der Waals surface area contributed by atoms with Gasteiger partial charge in [0.2, 0.25) is 0 Å². The van der Waals surface area contributed by atoms with Crippen LogP contribution >= 0.6 is 0 Å². The second-order valence-electron chi connectivity index (χ2n) is 7.43. The highest BCUT2D eigenvalue weighted by Gasteiger charge is 2.29. The monoisotopic (exact) mass is 382 g/mol. The van der Waals surface area contributed by atoms with E-state index in [2.05, 4.69) is 0 Å². The molecule has 150 valence electrons. The fourth-order valence-corrected chi connectivity index (χ4v) is 4.07. The summed E-state index contributed by atoms with van der Waals surface area (Å²) < 4.78 is 7.25. The van der Waals surface area contributed by atoms with Crippen LogP contribution in [0.15, 0.2) is 30.3 Å². The lowest BCUT2D eigenvalue weighted by Gasteiger charge is -2.21. The van der Waals surface area contributed by atoms with E-state index in [4.69, 9.17) is 4.74 Å². The molecule has 28 heavy (non-hydrogen) atoms. The van der Waals surface area contributed by atoms with Crippen molar-refractivity contribution in [3.05, 3.63) is 58.4 Å². The number of likely N-dealkylation sites (tertiary alicyclic amines) is 1. The number of carbonyl (C=O) groups is 2. The summed E-state index contributed by atoms with van der Waals surface area (Å²) in [5.41, 5.74) is 3.78. The molecular weight excluding hydrogens is 352 g/mol. The molecule has 1 fully saturated rings. The summed E-state index contributed by atoms with van der Waals surface area (Å²) in [4.78, 5) is 28.0. The van der Waals surface area contributed by atoms with Gasteiger partial charge in [0.1, 0.15) is 5.69 Å². The smallest absolute Gasteiger partial charge is 0.355 e. The van der Waals surface area contributed by atoms with Crippen LogP contribution in [0, 0.1) is 13.8 Å². The van der Waals surface area contributed by atoms with Crippen LogP contribution < -0.4 is 0 Å². The predicted octanol–water partition coefficient (Wildman–Crippen LogP) is 4.35. The van der Waals surface area contributed by atoms with E-state index in [1.165, 1.54) is 12.8 Å². The van der Waals surface area contributed by atoms with E-state index in [0.717, 1.165) is 42.8 Å². The molecule has 1 saturated heterocycles. The second kappa shape index (κ2) is 9.09. The highest BCUT2D eigenvalue weighted by atomic mass is 16.5. The Labute approximate surface area is 167 Å². The molecule has 3 rings (SSSR count). The van der Waals surface area contributed by atoms with Gasteiger partial charge in [-0.05, 0) is 44.7 Å². The van der Waals surface area contributed by atoms with Crippen LogP contribution in [0.25, 0.3) is 0 Å². The number of rotatable bonds is 5. The second-order valence-corrected chi connectivity index (χ2v) is 7.43. The third kappa shape index (κ3) is 4.13. The van der Waals surface area contributed by atoms with Gasteiger partial charge in [-0.1, -0.05) is 43.2 Å². The minimum Gasteiger partial charge on any atom is -0.461 e. The first-order valence-electron chi connectivity index (χ1n) is 10.2. The normalized spacial score (nSPS) is 14.6. The Bertz CT molecular complexity index is 831. The van der Waals surface area contributed by atoms with Crippen molar-refractivity contribution in [2.24, 2.45) is 0 Å². The SMILES string of the molecule is CCOC(=O)c1c(C)c(C(=O)N2CCCCCC2)c(C)n1Cc1ccccc1. The lowest BCUT2D eigenvalue weighted by atomic mass is 10.1. The van der Waals surface area contributed by atoms with Gasteiger partial charge in [-0.25, -0.2) is 4.79 Å². The number of amides is 1. The maximum absolute atomic E-state index is 13.4. The van der Waals surface area contributed by atoms with E-state index >= 15 is 0 Å². The Morgan fingerprint density at radius 3 is 2.25 bits per heavy atom. The minimum absolute atomic E-state index is 0.0364. The number of hydrogen-bond donors (Lipinski definition) is 0. The summed E-state index contributed by atoms with van der Waals surface area (Å²) >= 11 is 0. The zero-order chi connectivity index (χ0) is 20.1. The number of hydrogen-bond acceptors (Lipinski definition) is 3. The number of aromatic nitrogens is 1. The summed E-state index contributed by atoms with van der Waals surface area (Å²) in [6, 6.07) is 9.99. The largest absolute Gasteiger partial charge is 0.461 e. The number of esters is 1. The zero-order valence-corrected chi connectivity index (χ0v) is 17.2. The van der Waals surface area contributed by atoms with Crippen molar-refractivity contribution < 1.29 is 14.3 Å². The Kier molecular flexibility index (Phi) is 6.55. The lowest BCUT2D eigenvalue weighted by molar-refractivity contribution is 0.0513. The molecule has 1 aliphatic heterocycles. The van der Waals surface area contributed by atoms with Gasteiger partial charge in [-0.3, -0.25) is 4.79 Å². The first kappa shape index (κ1) is 20.2. The molecule has 0 bridgehead atoms. The van der Waals surface area contributed by atoms with Crippen LogP contribution in [-0.4, -0.2) is 41.0 Å². The number of ether oxygens (including phenoxy) is 1. The van der Waals surface area contributed by atoms with Gasteiger partial charge in [0.15, 0.2) is 0 Å². The number of carbonyl (C=O) groups excluding carboxylic acids is 2. The van der Waals surface area contributed by atoms with Crippen LogP contribution in [0.1, 0.15) is 70.3 Å². The molecule has 0 aliphatic carbocycles. The van der Waals surface area contributed by atoms with Gasteiger partial charge < -0.3 is 14.2 Å². The van der Waals surface area contributed by atoms with E-state index in [1.807, 2.05) is 53.6 Å². The standard InChI is InChI=1S/C23H30N2O3/c1-4-28-23(27)21-17(2)20(22(26)24-14-10-5-6-11-15-24)18(3)25(21)16-19-12-8-7-9-13-19/h7-9,12-13H,4-6,10-11,14-16H2,1-3H3. The predicted molar refractivity (Wildman–Crippen MR) is 110 cm³/mol. The highest BCUT2D eigenvalue weighted by Crippen LogP contribution is 2.27. The van der Waals surface area contributed by atoms with E-state index in [1.54, 1.807) is 6.92 Å². The average molecular weight is 383 g/mol. The van der Waals surface area contributed by atoms with Crippen molar-refractivity contribution in [1.82, 2.24) is 9.47 Å². The van der Waals surface area contributed by atoms with Gasteiger partial charge in [0.25, 0.3) is 5.91 Å². The molecule has 5 heteroatoms. The Hall–Kier alpha value is -2.56. The highest BCUT2D eigenvalue weighted by molar-refractivity contribution is 6.01. The van der Waals surface area contributed by atoms with Crippen LogP contribution in [0.4, 0.5) is 0 Å².